The van der Waals surface area contributed by atoms with E-state index < -0.39 is 0 Å². The van der Waals surface area contributed by atoms with Crippen LogP contribution in [0.4, 0.5) is 0 Å². The van der Waals surface area contributed by atoms with Crippen LogP contribution in [0.1, 0.15) is 23.0 Å². The first-order chi connectivity index (χ1) is 13.7. The van der Waals surface area contributed by atoms with Crippen molar-refractivity contribution in [2.24, 2.45) is 0 Å². The first-order valence-corrected chi connectivity index (χ1v) is 11.2. The maximum Gasteiger partial charge on any atom is 0.273 e. The molecule has 3 heterocycles. The average Bonchev–Trinajstić information content (AvgIpc) is 3.42. The standard InChI is InChI=1S/C21H23N3O2S2/c1-2-26-17-7-5-16(6-8-17)14-23-9-11-24(12-10-23)21(25)18-15-28-20(22-18)19-4-3-13-27-19/h3-8,13,15H,2,9-12,14H2,1H3. The molecule has 0 unspecified atom stereocenters. The summed E-state index contributed by atoms with van der Waals surface area (Å²) in [5.41, 5.74) is 1.83. The largest absolute Gasteiger partial charge is 0.494 e. The second kappa shape index (κ2) is 8.86. The molecule has 0 bridgehead atoms. The molecule has 0 aliphatic carbocycles. The highest BCUT2D eigenvalue weighted by molar-refractivity contribution is 7.20. The van der Waals surface area contributed by atoms with Gasteiger partial charge in [-0.2, -0.15) is 0 Å². The van der Waals surface area contributed by atoms with Crippen molar-refractivity contribution in [3.8, 4) is 15.6 Å². The molecule has 0 spiro atoms. The number of piperazine rings is 1. The number of nitrogens with zero attached hydrogens (tertiary/aromatic N) is 3. The minimum Gasteiger partial charge on any atom is -0.494 e. The Kier molecular flexibility index (Phi) is 6.04. The maximum absolute atomic E-state index is 12.8. The van der Waals surface area contributed by atoms with Gasteiger partial charge < -0.3 is 9.64 Å². The van der Waals surface area contributed by atoms with Gasteiger partial charge in [0.2, 0.25) is 0 Å². The molecule has 0 radical (unpaired) electrons. The summed E-state index contributed by atoms with van der Waals surface area (Å²) in [4.78, 5) is 22.8. The number of benzene rings is 1. The van der Waals surface area contributed by atoms with Gasteiger partial charge in [0, 0.05) is 38.1 Å². The van der Waals surface area contributed by atoms with E-state index in [0.717, 1.165) is 48.4 Å². The lowest BCUT2D eigenvalue weighted by Crippen LogP contribution is -2.48. The Morgan fingerprint density at radius 2 is 1.89 bits per heavy atom. The summed E-state index contributed by atoms with van der Waals surface area (Å²) < 4.78 is 5.50. The summed E-state index contributed by atoms with van der Waals surface area (Å²) >= 11 is 3.19. The number of rotatable bonds is 6. The van der Waals surface area contributed by atoms with E-state index in [1.807, 2.05) is 46.8 Å². The van der Waals surface area contributed by atoms with Crippen molar-refractivity contribution in [2.75, 3.05) is 32.8 Å². The second-order valence-corrected chi connectivity index (χ2v) is 8.47. The Bertz CT molecular complexity index is 898. The summed E-state index contributed by atoms with van der Waals surface area (Å²) in [5, 5.41) is 4.83. The van der Waals surface area contributed by atoms with Crippen LogP contribution in [0.3, 0.4) is 0 Å². The minimum absolute atomic E-state index is 0.0415. The van der Waals surface area contributed by atoms with E-state index in [4.69, 9.17) is 4.74 Å². The van der Waals surface area contributed by atoms with E-state index in [9.17, 15) is 4.79 Å². The van der Waals surface area contributed by atoms with Gasteiger partial charge in [0.15, 0.2) is 0 Å². The molecule has 1 fully saturated rings. The number of amides is 1. The SMILES string of the molecule is CCOc1ccc(CN2CCN(C(=O)c3csc(-c4cccs4)n3)CC2)cc1. The molecule has 0 N–H and O–H groups in total. The molecule has 1 aliphatic heterocycles. The zero-order chi connectivity index (χ0) is 19.3. The number of thiazole rings is 1. The van der Waals surface area contributed by atoms with Crippen LogP contribution in [0, 0.1) is 0 Å². The Morgan fingerprint density at radius 1 is 1.11 bits per heavy atom. The Balaban J connectivity index is 1.30. The monoisotopic (exact) mass is 413 g/mol. The van der Waals surface area contributed by atoms with Crippen molar-refractivity contribution in [3.63, 3.8) is 0 Å². The van der Waals surface area contributed by atoms with Crippen LogP contribution in [-0.4, -0.2) is 53.5 Å². The lowest BCUT2D eigenvalue weighted by molar-refractivity contribution is 0.0623. The third kappa shape index (κ3) is 4.43. The van der Waals surface area contributed by atoms with Gasteiger partial charge in [-0.1, -0.05) is 18.2 Å². The highest BCUT2D eigenvalue weighted by Gasteiger charge is 2.24. The topological polar surface area (TPSA) is 45.7 Å². The smallest absolute Gasteiger partial charge is 0.273 e. The van der Waals surface area contributed by atoms with Gasteiger partial charge in [-0.15, -0.1) is 22.7 Å². The van der Waals surface area contributed by atoms with Gasteiger partial charge in [0.05, 0.1) is 11.5 Å². The molecule has 1 aliphatic rings. The Labute approximate surface area is 173 Å². The number of aromatic nitrogens is 1. The van der Waals surface area contributed by atoms with E-state index in [1.54, 1.807) is 11.3 Å². The van der Waals surface area contributed by atoms with E-state index in [2.05, 4.69) is 22.0 Å². The van der Waals surface area contributed by atoms with Gasteiger partial charge >= 0.3 is 0 Å². The third-order valence-corrected chi connectivity index (χ3v) is 6.64. The Morgan fingerprint density at radius 3 is 2.57 bits per heavy atom. The minimum atomic E-state index is 0.0415. The summed E-state index contributed by atoms with van der Waals surface area (Å²) in [5.74, 6) is 0.951. The number of hydrogen-bond acceptors (Lipinski definition) is 6. The van der Waals surface area contributed by atoms with Crippen LogP contribution in [0.25, 0.3) is 9.88 Å². The number of carbonyl (C=O) groups excluding carboxylic acids is 1. The van der Waals surface area contributed by atoms with Gasteiger partial charge in [-0.05, 0) is 36.1 Å². The highest BCUT2D eigenvalue weighted by atomic mass is 32.1. The van der Waals surface area contributed by atoms with E-state index >= 15 is 0 Å². The van der Waals surface area contributed by atoms with Gasteiger partial charge in [0.25, 0.3) is 5.91 Å². The second-order valence-electron chi connectivity index (χ2n) is 6.66. The normalized spacial score (nSPS) is 15.0. The molecule has 3 aromatic rings. The maximum atomic E-state index is 12.8. The number of carbonyl (C=O) groups is 1. The molecular formula is C21H23N3O2S2. The van der Waals surface area contributed by atoms with E-state index in [-0.39, 0.29) is 5.91 Å². The fourth-order valence-electron chi connectivity index (χ4n) is 3.27. The molecule has 28 heavy (non-hydrogen) atoms. The van der Waals surface area contributed by atoms with E-state index in [0.29, 0.717) is 12.3 Å². The highest BCUT2D eigenvalue weighted by Crippen LogP contribution is 2.28. The Hall–Kier alpha value is -2.22. The summed E-state index contributed by atoms with van der Waals surface area (Å²) in [6.45, 7) is 6.80. The first kappa shape index (κ1) is 19.1. The van der Waals surface area contributed by atoms with Gasteiger partial charge in [-0.3, -0.25) is 9.69 Å². The van der Waals surface area contributed by atoms with Gasteiger partial charge in [-0.25, -0.2) is 4.98 Å². The van der Waals surface area contributed by atoms with Crippen molar-refractivity contribution >= 4 is 28.6 Å². The van der Waals surface area contributed by atoms with Crippen LogP contribution in [-0.2, 0) is 6.54 Å². The molecule has 1 amide bonds. The van der Waals surface area contributed by atoms with Crippen LogP contribution in [0.5, 0.6) is 5.75 Å². The van der Waals surface area contributed by atoms with Crippen LogP contribution in [0.2, 0.25) is 0 Å². The molecule has 2 aromatic heterocycles. The first-order valence-electron chi connectivity index (χ1n) is 9.45. The van der Waals surface area contributed by atoms with Crippen LogP contribution in [0.15, 0.2) is 47.2 Å². The number of ether oxygens (including phenoxy) is 1. The van der Waals surface area contributed by atoms with Crippen molar-refractivity contribution in [3.05, 3.63) is 58.4 Å². The molecule has 1 aromatic carbocycles. The molecular weight excluding hydrogens is 390 g/mol. The molecule has 4 rings (SSSR count). The molecule has 0 atom stereocenters. The van der Waals surface area contributed by atoms with Crippen molar-refractivity contribution < 1.29 is 9.53 Å². The predicted molar refractivity (Wildman–Crippen MR) is 114 cm³/mol. The predicted octanol–water partition coefficient (Wildman–Crippen LogP) is 4.23. The molecule has 146 valence electrons. The van der Waals surface area contributed by atoms with Crippen molar-refractivity contribution in [1.29, 1.82) is 0 Å². The molecule has 7 heteroatoms. The fourth-order valence-corrected chi connectivity index (χ4v) is 4.88. The lowest BCUT2D eigenvalue weighted by Gasteiger charge is -2.34. The molecule has 0 saturated carbocycles. The fraction of sp³-hybridized carbons (Fsp3) is 0.333. The van der Waals surface area contributed by atoms with Crippen LogP contribution < -0.4 is 4.74 Å². The van der Waals surface area contributed by atoms with Crippen molar-refractivity contribution in [1.82, 2.24) is 14.8 Å². The number of hydrogen-bond donors (Lipinski definition) is 0. The third-order valence-electron chi connectivity index (χ3n) is 4.76. The quantitative estimate of drug-likeness (QED) is 0.607. The summed E-state index contributed by atoms with van der Waals surface area (Å²) in [6.07, 6.45) is 0. The zero-order valence-corrected chi connectivity index (χ0v) is 17.5. The zero-order valence-electron chi connectivity index (χ0n) is 15.8. The van der Waals surface area contributed by atoms with E-state index in [1.165, 1.54) is 16.9 Å². The number of thiophene rings is 1. The average molecular weight is 414 g/mol. The van der Waals surface area contributed by atoms with Gasteiger partial charge in [0.1, 0.15) is 16.5 Å². The molecule has 1 saturated heterocycles. The summed E-state index contributed by atoms with van der Waals surface area (Å²) in [6, 6.07) is 12.3. The van der Waals surface area contributed by atoms with Crippen LogP contribution >= 0.6 is 22.7 Å². The van der Waals surface area contributed by atoms with Crippen molar-refractivity contribution in [2.45, 2.75) is 13.5 Å². The lowest BCUT2D eigenvalue weighted by atomic mass is 10.2. The summed E-state index contributed by atoms with van der Waals surface area (Å²) in [7, 11) is 0. The molecule has 5 nitrogen and oxygen atoms in total.